The standard InChI is InChI=1S/C11H16O4/c1-5-7-6(2)11(7)8(12)14-10(3,4)15-9(11)13/h6-7H,5H2,1-4H3/t6-,7+/m1/s1. The monoisotopic (exact) mass is 212 g/mol. The summed E-state index contributed by atoms with van der Waals surface area (Å²) in [5.74, 6) is -1.82. The lowest BCUT2D eigenvalue weighted by Crippen LogP contribution is -2.49. The van der Waals surface area contributed by atoms with Gasteiger partial charge in [0.25, 0.3) is 5.79 Å². The molecule has 2 fully saturated rings. The van der Waals surface area contributed by atoms with Crippen LogP contribution in [-0.4, -0.2) is 17.7 Å². The van der Waals surface area contributed by atoms with Crippen molar-refractivity contribution in [3.05, 3.63) is 0 Å². The van der Waals surface area contributed by atoms with E-state index in [1.165, 1.54) is 0 Å². The van der Waals surface area contributed by atoms with E-state index < -0.39 is 23.1 Å². The summed E-state index contributed by atoms with van der Waals surface area (Å²) >= 11 is 0. The lowest BCUT2D eigenvalue weighted by molar-refractivity contribution is -0.244. The first kappa shape index (κ1) is 10.5. The van der Waals surface area contributed by atoms with Crippen LogP contribution in [0.15, 0.2) is 0 Å². The van der Waals surface area contributed by atoms with E-state index in [4.69, 9.17) is 9.47 Å². The fourth-order valence-electron chi connectivity index (χ4n) is 2.72. The van der Waals surface area contributed by atoms with Crippen LogP contribution in [-0.2, 0) is 19.1 Å². The Balaban J connectivity index is 2.30. The number of cyclic esters (lactones) is 2. The van der Waals surface area contributed by atoms with E-state index in [9.17, 15) is 9.59 Å². The summed E-state index contributed by atoms with van der Waals surface area (Å²) in [5.41, 5.74) is -0.996. The van der Waals surface area contributed by atoms with Gasteiger partial charge in [0, 0.05) is 13.8 Å². The van der Waals surface area contributed by atoms with Crippen LogP contribution in [0.1, 0.15) is 34.1 Å². The highest BCUT2D eigenvalue weighted by atomic mass is 16.7. The molecule has 1 saturated heterocycles. The molecule has 1 saturated carbocycles. The molecule has 4 heteroatoms. The lowest BCUT2D eigenvalue weighted by Gasteiger charge is -2.33. The van der Waals surface area contributed by atoms with Gasteiger partial charge in [0.1, 0.15) is 0 Å². The number of carbonyl (C=O) groups excluding carboxylic acids is 2. The van der Waals surface area contributed by atoms with Crippen LogP contribution in [0.4, 0.5) is 0 Å². The first-order valence-corrected chi connectivity index (χ1v) is 5.33. The molecule has 1 heterocycles. The molecule has 0 amide bonds. The Morgan fingerprint density at radius 1 is 1.20 bits per heavy atom. The number of rotatable bonds is 1. The van der Waals surface area contributed by atoms with Crippen LogP contribution in [0.3, 0.4) is 0 Å². The topological polar surface area (TPSA) is 52.6 Å². The molecule has 0 bridgehead atoms. The minimum absolute atomic E-state index is 0.0404. The molecule has 84 valence electrons. The molecule has 1 aliphatic heterocycles. The van der Waals surface area contributed by atoms with Crippen molar-refractivity contribution in [1.82, 2.24) is 0 Å². The molecular weight excluding hydrogens is 196 g/mol. The molecule has 1 spiro atoms. The maximum Gasteiger partial charge on any atom is 0.327 e. The van der Waals surface area contributed by atoms with Crippen molar-refractivity contribution in [3.63, 3.8) is 0 Å². The van der Waals surface area contributed by atoms with Gasteiger partial charge in [-0.3, -0.25) is 9.59 Å². The van der Waals surface area contributed by atoms with Crippen molar-refractivity contribution in [2.24, 2.45) is 17.3 Å². The van der Waals surface area contributed by atoms with Crippen molar-refractivity contribution in [2.75, 3.05) is 0 Å². The first-order valence-electron chi connectivity index (χ1n) is 5.33. The summed E-state index contributed by atoms with van der Waals surface area (Å²) in [6.45, 7) is 7.01. The third-order valence-corrected chi connectivity index (χ3v) is 3.59. The molecule has 0 radical (unpaired) electrons. The molecule has 2 aliphatic rings. The molecule has 0 N–H and O–H groups in total. The third-order valence-electron chi connectivity index (χ3n) is 3.59. The number of esters is 2. The number of hydrogen-bond donors (Lipinski definition) is 0. The summed E-state index contributed by atoms with van der Waals surface area (Å²) in [6.07, 6.45) is 0.797. The normalized spacial score (nSPS) is 36.0. The van der Waals surface area contributed by atoms with Gasteiger partial charge < -0.3 is 9.47 Å². The van der Waals surface area contributed by atoms with Crippen LogP contribution in [0.2, 0.25) is 0 Å². The van der Waals surface area contributed by atoms with Crippen LogP contribution < -0.4 is 0 Å². The van der Waals surface area contributed by atoms with Gasteiger partial charge in [0.05, 0.1) is 0 Å². The second-order valence-corrected chi connectivity index (χ2v) is 4.85. The maximum atomic E-state index is 11.9. The van der Waals surface area contributed by atoms with Gasteiger partial charge in [-0.15, -0.1) is 0 Å². The Labute approximate surface area is 88.9 Å². The predicted octanol–water partition coefficient (Wildman–Crippen LogP) is 1.48. The van der Waals surface area contributed by atoms with E-state index in [0.717, 1.165) is 6.42 Å². The van der Waals surface area contributed by atoms with Crippen molar-refractivity contribution >= 4 is 11.9 Å². The average molecular weight is 212 g/mol. The molecule has 0 aromatic carbocycles. The van der Waals surface area contributed by atoms with Gasteiger partial charge in [0.15, 0.2) is 5.41 Å². The lowest BCUT2D eigenvalue weighted by atomic mass is 10.00. The Bertz CT molecular complexity index is 311. The molecule has 0 aromatic rings. The van der Waals surface area contributed by atoms with Crippen molar-refractivity contribution in [1.29, 1.82) is 0 Å². The SMILES string of the molecule is CC[C@H]1[C@@H](C)C12C(=O)OC(C)(C)OC2=O. The Morgan fingerprint density at radius 2 is 1.67 bits per heavy atom. The quantitative estimate of drug-likeness (QED) is 0.488. The summed E-state index contributed by atoms with van der Waals surface area (Å²) in [6, 6.07) is 0. The molecule has 0 unspecified atom stereocenters. The van der Waals surface area contributed by atoms with Crippen molar-refractivity contribution in [2.45, 2.75) is 39.9 Å². The van der Waals surface area contributed by atoms with Gasteiger partial charge in [-0.2, -0.15) is 0 Å². The molecule has 2 atom stereocenters. The van der Waals surface area contributed by atoms with Crippen molar-refractivity contribution < 1.29 is 19.1 Å². The van der Waals surface area contributed by atoms with Gasteiger partial charge >= 0.3 is 11.9 Å². The highest BCUT2D eigenvalue weighted by molar-refractivity contribution is 6.05. The fraction of sp³-hybridized carbons (Fsp3) is 0.818. The zero-order chi connectivity index (χ0) is 11.4. The van der Waals surface area contributed by atoms with Gasteiger partial charge in [-0.05, 0) is 11.8 Å². The third kappa shape index (κ3) is 1.13. The number of ether oxygens (including phenoxy) is 2. The van der Waals surface area contributed by atoms with E-state index in [1.807, 2.05) is 13.8 Å². The highest BCUT2D eigenvalue weighted by Crippen LogP contribution is 2.63. The molecule has 15 heavy (non-hydrogen) atoms. The first-order chi connectivity index (χ1) is 6.86. The second kappa shape index (κ2) is 2.74. The summed E-state index contributed by atoms with van der Waals surface area (Å²) in [7, 11) is 0. The molecule has 4 nitrogen and oxygen atoms in total. The predicted molar refractivity (Wildman–Crippen MR) is 51.6 cm³/mol. The number of hydrogen-bond acceptors (Lipinski definition) is 4. The second-order valence-electron chi connectivity index (χ2n) is 4.85. The van der Waals surface area contributed by atoms with E-state index in [-0.39, 0.29) is 11.8 Å². The zero-order valence-corrected chi connectivity index (χ0v) is 9.49. The van der Waals surface area contributed by atoms with Gasteiger partial charge in [-0.1, -0.05) is 20.3 Å². The minimum Gasteiger partial charge on any atom is -0.422 e. The Kier molecular flexibility index (Phi) is 1.91. The smallest absolute Gasteiger partial charge is 0.327 e. The Hall–Kier alpha value is -1.06. The Morgan fingerprint density at radius 3 is 2.00 bits per heavy atom. The largest absolute Gasteiger partial charge is 0.422 e. The van der Waals surface area contributed by atoms with Gasteiger partial charge in [0.2, 0.25) is 0 Å². The highest BCUT2D eigenvalue weighted by Gasteiger charge is 2.76. The summed E-state index contributed by atoms with van der Waals surface area (Å²) in [4.78, 5) is 23.7. The van der Waals surface area contributed by atoms with Crippen LogP contribution in [0.25, 0.3) is 0 Å². The van der Waals surface area contributed by atoms with Gasteiger partial charge in [-0.25, -0.2) is 0 Å². The zero-order valence-electron chi connectivity index (χ0n) is 9.49. The van der Waals surface area contributed by atoms with Crippen molar-refractivity contribution in [3.8, 4) is 0 Å². The van der Waals surface area contributed by atoms with Crippen LogP contribution in [0.5, 0.6) is 0 Å². The van der Waals surface area contributed by atoms with E-state index in [0.29, 0.717) is 0 Å². The molecular formula is C11H16O4. The number of carbonyl (C=O) groups is 2. The van der Waals surface area contributed by atoms with Crippen LogP contribution in [0, 0.1) is 17.3 Å². The van der Waals surface area contributed by atoms with E-state index >= 15 is 0 Å². The maximum absolute atomic E-state index is 11.9. The summed E-state index contributed by atoms with van der Waals surface area (Å²) in [5, 5.41) is 0. The molecule has 2 rings (SSSR count). The van der Waals surface area contributed by atoms with E-state index in [2.05, 4.69) is 0 Å². The van der Waals surface area contributed by atoms with E-state index in [1.54, 1.807) is 13.8 Å². The molecule has 1 aliphatic carbocycles. The minimum atomic E-state index is -1.11. The summed E-state index contributed by atoms with van der Waals surface area (Å²) < 4.78 is 10.3. The molecule has 0 aromatic heterocycles. The van der Waals surface area contributed by atoms with Crippen LogP contribution >= 0.6 is 0 Å². The average Bonchev–Trinajstić information content (AvgIpc) is 2.67. The fourth-order valence-corrected chi connectivity index (χ4v) is 2.72.